The van der Waals surface area contributed by atoms with Gasteiger partial charge in [0.1, 0.15) is 11.8 Å². The van der Waals surface area contributed by atoms with Gasteiger partial charge in [-0.2, -0.15) is 5.10 Å². The van der Waals surface area contributed by atoms with Gasteiger partial charge in [-0.05, 0) is 18.9 Å². The van der Waals surface area contributed by atoms with Crippen LogP contribution >= 0.6 is 0 Å². The highest BCUT2D eigenvalue weighted by Gasteiger charge is 2.29. The summed E-state index contributed by atoms with van der Waals surface area (Å²) in [7, 11) is 1.91. The number of anilines is 2. The van der Waals surface area contributed by atoms with E-state index >= 15 is 0 Å². The van der Waals surface area contributed by atoms with Crippen LogP contribution in [0.1, 0.15) is 23.8 Å². The van der Waals surface area contributed by atoms with Gasteiger partial charge in [0, 0.05) is 44.5 Å². The Bertz CT molecular complexity index is 935. The number of aromatic nitrogens is 3. The number of hydrogen-bond acceptors (Lipinski definition) is 6. The first-order valence-corrected chi connectivity index (χ1v) is 9.38. The molecule has 1 saturated heterocycles. The van der Waals surface area contributed by atoms with Crippen LogP contribution in [0.15, 0.2) is 53.2 Å². The third-order valence-electron chi connectivity index (χ3n) is 4.89. The van der Waals surface area contributed by atoms with Crippen molar-refractivity contribution in [1.82, 2.24) is 20.3 Å². The Morgan fingerprint density at radius 1 is 1.29 bits per heavy atom. The van der Waals surface area contributed by atoms with Crippen LogP contribution in [0.25, 0.3) is 0 Å². The number of nitrogens with zero attached hydrogens (tertiary/aromatic N) is 4. The molecular weight excluding hydrogens is 356 g/mol. The van der Waals surface area contributed by atoms with Crippen molar-refractivity contribution in [3.8, 4) is 0 Å². The molecule has 3 heterocycles. The van der Waals surface area contributed by atoms with Crippen molar-refractivity contribution >= 4 is 17.5 Å². The van der Waals surface area contributed by atoms with Gasteiger partial charge in [-0.3, -0.25) is 14.8 Å². The molecule has 1 aromatic carbocycles. The van der Waals surface area contributed by atoms with E-state index in [1.54, 1.807) is 17.7 Å². The zero-order valence-electron chi connectivity index (χ0n) is 16.0. The van der Waals surface area contributed by atoms with E-state index in [0.29, 0.717) is 11.6 Å². The largest absolute Gasteiger partial charge is 0.360 e. The number of carbonyl (C=O) groups is 1. The van der Waals surface area contributed by atoms with Gasteiger partial charge in [0.15, 0.2) is 11.6 Å². The molecule has 8 heteroatoms. The molecule has 0 saturated carbocycles. The molecule has 0 radical (unpaired) electrons. The molecule has 0 bridgehead atoms. The topological polar surface area (TPSA) is 88.2 Å². The minimum Gasteiger partial charge on any atom is -0.360 e. The van der Waals surface area contributed by atoms with E-state index < -0.39 is 6.04 Å². The number of amides is 1. The van der Waals surface area contributed by atoms with E-state index in [1.165, 1.54) is 0 Å². The van der Waals surface area contributed by atoms with Gasteiger partial charge >= 0.3 is 0 Å². The molecule has 28 heavy (non-hydrogen) atoms. The Morgan fingerprint density at radius 2 is 2.11 bits per heavy atom. The van der Waals surface area contributed by atoms with Crippen molar-refractivity contribution in [2.75, 3.05) is 23.3 Å². The Labute approximate surface area is 163 Å². The van der Waals surface area contributed by atoms with Crippen LogP contribution in [0.3, 0.4) is 0 Å². The second kappa shape index (κ2) is 7.85. The molecule has 1 fully saturated rings. The predicted octanol–water partition coefficient (Wildman–Crippen LogP) is 2.26. The van der Waals surface area contributed by atoms with Crippen LogP contribution in [0.5, 0.6) is 0 Å². The first kappa shape index (κ1) is 18.2. The summed E-state index contributed by atoms with van der Waals surface area (Å²) in [4.78, 5) is 15.2. The molecule has 4 rings (SSSR count). The van der Waals surface area contributed by atoms with Crippen molar-refractivity contribution in [3.05, 3.63) is 60.0 Å². The molecule has 1 aliphatic rings. The minimum absolute atomic E-state index is 0.157. The predicted molar refractivity (Wildman–Crippen MR) is 106 cm³/mol. The van der Waals surface area contributed by atoms with E-state index in [1.807, 2.05) is 49.6 Å². The highest BCUT2D eigenvalue weighted by molar-refractivity contribution is 5.94. The average molecular weight is 380 g/mol. The molecule has 2 aromatic heterocycles. The van der Waals surface area contributed by atoms with Gasteiger partial charge in [-0.15, -0.1) is 0 Å². The van der Waals surface area contributed by atoms with Crippen LogP contribution in [-0.4, -0.2) is 40.0 Å². The fourth-order valence-corrected chi connectivity index (χ4v) is 3.50. The van der Waals surface area contributed by atoms with E-state index in [9.17, 15) is 4.79 Å². The maximum absolute atomic E-state index is 13.0. The smallest absolute Gasteiger partial charge is 0.247 e. The van der Waals surface area contributed by atoms with Crippen molar-refractivity contribution in [2.45, 2.75) is 25.4 Å². The second-order valence-electron chi connectivity index (χ2n) is 7.10. The molecule has 2 unspecified atom stereocenters. The summed E-state index contributed by atoms with van der Waals surface area (Å²) in [5.41, 5.74) is 0.913. The number of rotatable bonds is 6. The van der Waals surface area contributed by atoms with E-state index in [-0.39, 0.29) is 11.9 Å². The normalized spacial score (nSPS) is 17.6. The molecule has 146 valence electrons. The molecule has 1 amide bonds. The molecule has 8 nitrogen and oxygen atoms in total. The van der Waals surface area contributed by atoms with Gasteiger partial charge in [-0.1, -0.05) is 35.5 Å². The van der Waals surface area contributed by atoms with Gasteiger partial charge < -0.3 is 14.7 Å². The Kier molecular flexibility index (Phi) is 5.12. The van der Waals surface area contributed by atoms with Crippen molar-refractivity contribution in [3.63, 3.8) is 0 Å². The fraction of sp³-hybridized carbons (Fsp3) is 0.350. The van der Waals surface area contributed by atoms with Crippen LogP contribution in [0.2, 0.25) is 0 Å². The molecule has 3 aromatic rings. The van der Waals surface area contributed by atoms with E-state index in [0.717, 1.165) is 30.9 Å². The number of aryl methyl sites for hydroxylation is 2. The maximum atomic E-state index is 13.0. The Morgan fingerprint density at radius 3 is 2.79 bits per heavy atom. The second-order valence-corrected chi connectivity index (χ2v) is 7.10. The lowest BCUT2D eigenvalue weighted by Gasteiger charge is -2.23. The lowest BCUT2D eigenvalue weighted by atomic mass is 10.0. The van der Waals surface area contributed by atoms with Gasteiger partial charge in [0.2, 0.25) is 5.91 Å². The third kappa shape index (κ3) is 4.07. The summed E-state index contributed by atoms with van der Waals surface area (Å²) >= 11 is 0. The number of nitrogens with one attached hydrogen (secondary N) is 2. The van der Waals surface area contributed by atoms with Crippen molar-refractivity contribution < 1.29 is 9.32 Å². The molecule has 0 aliphatic carbocycles. The fourth-order valence-electron chi connectivity index (χ4n) is 3.50. The van der Waals surface area contributed by atoms with Crippen LogP contribution in [0.4, 0.5) is 11.6 Å². The van der Waals surface area contributed by atoms with Crippen molar-refractivity contribution in [2.24, 2.45) is 7.05 Å². The summed E-state index contributed by atoms with van der Waals surface area (Å²) in [5, 5.41) is 14.7. The zero-order chi connectivity index (χ0) is 19.5. The molecule has 1 aliphatic heterocycles. The van der Waals surface area contributed by atoms with Crippen molar-refractivity contribution in [1.29, 1.82) is 0 Å². The average Bonchev–Trinajstić information content (AvgIpc) is 3.42. The summed E-state index contributed by atoms with van der Waals surface area (Å²) in [6.45, 7) is 3.50. The molecule has 0 spiro atoms. The maximum Gasteiger partial charge on any atom is 0.247 e. The van der Waals surface area contributed by atoms with Gasteiger partial charge in [0.05, 0.1) is 0 Å². The summed E-state index contributed by atoms with van der Waals surface area (Å²) in [6, 6.07) is 13.1. The summed E-state index contributed by atoms with van der Waals surface area (Å²) < 4.78 is 6.85. The van der Waals surface area contributed by atoms with E-state index in [4.69, 9.17) is 4.52 Å². The third-order valence-corrected chi connectivity index (χ3v) is 4.89. The summed E-state index contributed by atoms with van der Waals surface area (Å²) in [6.07, 6.45) is 2.88. The van der Waals surface area contributed by atoms with Gasteiger partial charge in [0.25, 0.3) is 0 Å². The quantitative estimate of drug-likeness (QED) is 0.682. The van der Waals surface area contributed by atoms with Gasteiger partial charge in [-0.25, -0.2) is 0 Å². The summed E-state index contributed by atoms with van der Waals surface area (Å²) in [5.74, 6) is 1.88. The van der Waals surface area contributed by atoms with E-state index in [2.05, 4.69) is 25.8 Å². The number of benzene rings is 1. The Hall–Kier alpha value is -3.13. The van der Waals surface area contributed by atoms with Crippen LogP contribution in [0, 0.1) is 6.92 Å². The van der Waals surface area contributed by atoms with Crippen LogP contribution in [-0.2, 0) is 11.8 Å². The minimum atomic E-state index is -0.480. The Balaban J connectivity index is 1.47. The SMILES string of the molecule is Cc1cc(NC(=O)C(NC2CCN(c3ccn(C)n3)C2)c2ccccc2)no1. The highest BCUT2D eigenvalue weighted by Crippen LogP contribution is 2.22. The first-order chi connectivity index (χ1) is 13.6. The van der Waals surface area contributed by atoms with Crippen LogP contribution < -0.4 is 15.5 Å². The number of hydrogen-bond donors (Lipinski definition) is 2. The highest BCUT2D eigenvalue weighted by atomic mass is 16.5. The zero-order valence-corrected chi connectivity index (χ0v) is 16.0. The standard InChI is InChI=1S/C20H24N6O2/c1-14-12-17(24-28-14)22-20(27)19(15-6-4-3-5-7-15)21-16-8-11-26(13-16)18-9-10-25(2)23-18/h3-7,9-10,12,16,19,21H,8,11,13H2,1-2H3,(H,22,24,27). The first-order valence-electron chi connectivity index (χ1n) is 9.38. The lowest BCUT2D eigenvalue weighted by Crippen LogP contribution is -2.41. The lowest BCUT2D eigenvalue weighted by molar-refractivity contribution is -0.118. The molecular formula is C20H24N6O2. The molecule has 2 atom stereocenters. The number of carbonyl (C=O) groups excluding carboxylic acids is 1. The monoisotopic (exact) mass is 380 g/mol. The molecule has 2 N–H and O–H groups in total.